The minimum Gasteiger partial charge on any atom is -0.506 e. The van der Waals surface area contributed by atoms with Gasteiger partial charge in [-0.05, 0) is 32.4 Å². The summed E-state index contributed by atoms with van der Waals surface area (Å²) in [6.45, 7) is 6.23. The first-order valence-corrected chi connectivity index (χ1v) is 12.8. The quantitative estimate of drug-likeness (QED) is 0.167. The molecule has 0 aliphatic heterocycles. The highest BCUT2D eigenvalue weighted by Crippen LogP contribution is 2.33. The number of phenolic OH excluding ortho intramolecular Hbond substituents is 1. The zero-order valence-corrected chi connectivity index (χ0v) is 21.3. The Kier molecular flexibility index (Phi) is 12.8. The molecule has 0 aliphatic carbocycles. The van der Waals surface area contributed by atoms with E-state index < -0.39 is 12.0 Å². The Morgan fingerprint density at radius 3 is 2.17 bits per heavy atom. The van der Waals surface area contributed by atoms with Crippen LogP contribution in [-0.2, 0) is 9.57 Å². The van der Waals surface area contributed by atoms with Crippen molar-refractivity contribution in [2.45, 2.75) is 91.1 Å². The number of hydrazine groups is 1. The second-order valence-corrected chi connectivity index (χ2v) is 9.03. The van der Waals surface area contributed by atoms with Crippen molar-refractivity contribution in [2.75, 3.05) is 12.1 Å². The lowest BCUT2D eigenvalue weighted by Gasteiger charge is -2.14. The fraction of sp³-hybridized carbons (Fsp3) is 0.556. The molecule has 0 aromatic heterocycles. The van der Waals surface area contributed by atoms with E-state index in [1.807, 2.05) is 6.07 Å². The molecule has 0 unspecified atom stereocenters. The second-order valence-electron chi connectivity index (χ2n) is 9.03. The number of hydrogen-bond acceptors (Lipinski definition) is 6. The monoisotopic (exact) mass is 487 g/mol. The van der Waals surface area contributed by atoms with Crippen molar-refractivity contribution >= 4 is 28.5 Å². The van der Waals surface area contributed by atoms with Crippen molar-refractivity contribution in [1.82, 2.24) is 10.9 Å². The Morgan fingerprint density at radius 2 is 1.51 bits per heavy atom. The minimum absolute atomic E-state index is 0.0331. The molecular weight excluding hydrogens is 446 g/mol. The van der Waals surface area contributed by atoms with Crippen molar-refractivity contribution in [3.8, 4) is 5.75 Å². The van der Waals surface area contributed by atoms with Gasteiger partial charge in [0.15, 0.2) is 0 Å². The van der Waals surface area contributed by atoms with Crippen LogP contribution in [0.1, 0.15) is 95.3 Å². The van der Waals surface area contributed by atoms with E-state index in [4.69, 9.17) is 9.57 Å². The molecule has 8 heteroatoms. The average molecular weight is 488 g/mol. The number of amides is 2. The van der Waals surface area contributed by atoms with Crippen LogP contribution in [0.5, 0.6) is 5.75 Å². The SMILES string of the molecule is CCCCCCCCCCCCONc1cccc2c(O)c(C(=O)NNC(=O)OC(C)C)ccc12. The molecular formula is C27H41N3O5. The number of benzene rings is 2. The van der Waals surface area contributed by atoms with Gasteiger partial charge in [-0.2, -0.15) is 0 Å². The van der Waals surface area contributed by atoms with E-state index in [0.29, 0.717) is 17.7 Å². The topological polar surface area (TPSA) is 109 Å². The van der Waals surface area contributed by atoms with Gasteiger partial charge in [0.05, 0.1) is 24.0 Å². The number of fused-ring (bicyclic) bond motifs is 1. The maximum absolute atomic E-state index is 12.4. The Labute approximate surface area is 208 Å². The standard InChI is InChI=1S/C27H41N3O5/c1-4-5-6-7-8-9-10-11-12-13-19-34-30-24-16-14-15-22-21(24)17-18-23(25(22)31)26(32)28-29-27(33)35-20(2)3/h14-18,20,30-31H,4-13,19H2,1-3H3,(H,28,32)(H,29,33). The summed E-state index contributed by atoms with van der Waals surface area (Å²) in [6.07, 6.45) is 11.6. The normalized spacial score (nSPS) is 11.0. The number of hydrogen-bond donors (Lipinski definition) is 4. The molecule has 35 heavy (non-hydrogen) atoms. The highest BCUT2D eigenvalue weighted by molar-refractivity contribution is 6.06. The van der Waals surface area contributed by atoms with Crippen LogP contribution < -0.4 is 16.3 Å². The molecule has 0 radical (unpaired) electrons. The van der Waals surface area contributed by atoms with Crippen LogP contribution in [0.2, 0.25) is 0 Å². The average Bonchev–Trinajstić information content (AvgIpc) is 2.83. The van der Waals surface area contributed by atoms with E-state index in [9.17, 15) is 14.7 Å². The molecule has 0 aliphatic rings. The zero-order chi connectivity index (χ0) is 25.5. The molecule has 0 spiro atoms. The number of rotatable bonds is 15. The lowest BCUT2D eigenvalue weighted by molar-refractivity contribution is 0.0872. The number of ether oxygens (including phenoxy) is 1. The van der Waals surface area contributed by atoms with E-state index >= 15 is 0 Å². The van der Waals surface area contributed by atoms with Crippen molar-refractivity contribution in [2.24, 2.45) is 0 Å². The largest absolute Gasteiger partial charge is 0.506 e. The van der Waals surface area contributed by atoms with Gasteiger partial charge < -0.3 is 9.84 Å². The molecule has 0 fully saturated rings. The van der Waals surface area contributed by atoms with Crippen LogP contribution in [0.25, 0.3) is 10.8 Å². The number of phenols is 1. The fourth-order valence-corrected chi connectivity index (χ4v) is 3.82. The predicted molar refractivity (Wildman–Crippen MR) is 139 cm³/mol. The highest BCUT2D eigenvalue weighted by Gasteiger charge is 2.16. The summed E-state index contributed by atoms with van der Waals surface area (Å²) >= 11 is 0. The fourth-order valence-electron chi connectivity index (χ4n) is 3.82. The highest BCUT2D eigenvalue weighted by atomic mass is 16.6. The molecule has 0 saturated carbocycles. The van der Waals surface area contributed by atoms with E-state index in [-0.39, 0.29) is 17.4 Å². The van der Waals surface area contributed by atoms with Crippen molar-refractivity contribution in [3.05, 3.63) is 35.9 Å². The predicted octanol–water partition coefficient (Wildman–Crippen LogP) is 6.59. The summed E-state index contributed by atoms with van der Waals surface area (Å²) in [7, 11) is 0. The van der Waals surface area contributed by atoms with Crippen LogP contribution in [0.3, 0.4) is 0 Å². The number of nitrogens with one attached hydrogen (secondary N) is 3. The van der Waals surface area contributed by atoms with Gasteiger partial charge in [0.25, 0.3) is 5.91 Å². The smallest absolute Gasteiger partial charge is 0.426 e. The first kappa shape index (κ1) is 28.2. The first-order chi connectivity index (χ1) is 16.9. The van der Waals surface area contributed by atoms with E-state index in [2.05, 4.69) is 23.3 Å². The van der Waals surface area contributed by atoms with Crippen LogP contribution >= 0.6 is 0 Å². The lowest BCUT2D eigenvalue weighted by Crippen LogP contribution is -2.42. The van der Waals surface area contributed by atoms with E-state index in [0.717, 1.165) is 18.2 Å². The maximum Gasteiger partial charge on any atom is 0.426 e. The molecule has 0 heterocycles. The van der Waals surface area contributed by atoms with E-state index in [1.54, 1.807) is 32.0 Å². The van der Waals surface area contributed by atoms with Gasteiger partial charge in [0.2, 0.25) is 0 Å². The summed E-state index contributed by atoms with van der Waals surface area (Å²) < 4.78 is 4.90. The van der Waals surface area contributed by atoms with Crippen LogP contribution in [0, 0.1) is 0 Å². The molecule has 0 bridgehead atoms. The Hall–Kier alpha value is -3.00. The maximum atomic E-state index is 12.4. The van der Waals surface area contributed by atoms with Gasteiger partial charge in [0, 0.05) is 10.8 Å². The van der Waals surface area contributed by atoms with Crippen LogP contribution in [-0.4, -0.2) is 29.8 Å². The van der Waals surface area contributed by atoms with Gasteiger partial charge in [-0.1, -0.05) is 82.9 Å². The Morgan fingerprint density at radius 1 is 0.857 bits per heavy atom. The molecule has 2 amide bonds. The van der Waals surface area contributed by atoms with Crippen LogP contribution in [0.15, 0.2) is 30.3 Å². The Balaban J connectivity index is 1.78. The van der Waals surface area contributed by atoms with Crippen molar-refractivity contribution in [1.29, 1.82) is 0 Å². The Bertz CT molecular complexity index is 932. The summed E-state index contributed by atoms with van der Waals surface area (Å²) in [5.41, 5.74) is 8.10. The molecule has 2 aromatic carbocycles. The number of carbonyl (C=O) groups excluding carboxylic acids is 2. The third-order valence-electron chi connectivity index (χ3n) is 5.68. The van der Waals surface area contributed by atoms with Gasteiger partial charge >= 0.3 is 6.09 Å². The van der Waals surface area contributed by atoms with Gasteiger partial charge in [0.1, 0.15) is 5.75 Å². The number of unbranched alkanes of at least 4 members (excludes halogenated alkanes) is 9. The number of carbonyl (C=O) groups is 2. The molecule has 0 saturated heterocycles. The van der Waals surface area contributed by atoms with E-state index in [1.165, 1.54) is 57.4 Å². The molecule has 194 valence electrons. The van der Waals surface area contributed by atoms with Crippen LogP contribution in [0.4, 0.5) is 10.5 Å². The summed E-state index contributed by atoms with van der Waals surface area (Å²) in [5, 5.41) is 11.9. The van der Waals surface area contributed by atoms with Gasteiger partial charge in [-0.25, -0.2) is 10.2 Å². The van der Waals surface area contributed by atoms with Gasteiger partial charge in [-0.3, -0.25) is 20.5 Å². The summed E-state index contributed by atoms with van der Waals surface area (Å²) in [4.78, 5) is 29.6. The third-order valence-corrected chi connectivity index (χ3v) is 5.68. The first-order valence-electron chi connectivity index (χ1n) is 12.8. The molecule has 4 N–H and O–H groups in total. The lowest BCUT2D eigenvalue weighted by atomic mass is 10.0. The number of aromatic hydroxyl groups is 1. The van der Waals surface area contributed by atoms with Crippen molar-refractivity contribution < 1.29 is 24.3 Å². The zero-order valence-electron chi connectivity index (χ0n) is 21.3. The summed E-state index contributed by atoms with van der Waals surface area (Å²) in [6, 6.07) is 8.56. The number of anilines is 1. The minimum atomic E-state index is -0.778. The van der Waals surface area contributed by atoms with Crippen molar-refractivity contribution in [3.63, 3.8) is 0 Å². The molecule has 0 atom stereocenters. The summed E-state index contributed by atoms with van der Waals surface area (Å²) in [5.74, 6) is -0.835. The van der Waals surface area contributed by atoms with Gasteiger partial charge in [-0.15, -0.1) is 0 Å². The molecule has 8 nitrogen and oxygen atoms in total. The third kappa shape index (κ3) is 10.0. The second kappa shape index (κ2) is 15.8. The molecule has 2 rings (SSSR count). The molecule has 2 aromatic rings.